The fourth-order valence-electron chi connectivity index (χ4n) is 2.21. The van der Waals surface area contributed by atoms with Crippen LogP contribution in [0.5, 0.6) is 0 Å². The molecule has 1 heterocycles. The van der Waals surface area contributed by atoms with E-state index in [0.717, 1.165) is 5.69 Å². The fourth-order valence-corrected chi connectivity index (χ4v) is 2.21. The summed E-state index contributed by atoms with van der Waals surface area (Å²) in [4.78, 5) is 13.8. The molecule has 2 unspecified atom stereocenters. The minimum absolute atomic E-state index is 0.0616. The SMILES string of the molecule is CC1CNC(=O)C(CC#N)N1c1ccccc1. The van der Waals surface area contributed by atoms with Crippen molar-refractivity contribution in [3.8, 4) is 6.07 Å². The summed E-state index contributed by atoms with van der Waals surface area (Å²) in [5, 5.41) is 11.7. The standard InChI is InChI=1S/C13H15N3O/c1-10-9-15-13(17)12(7-8-14)16(10)11-5-3-2-4-6-11/h2-6,10,12H,7,9H2,1H3,(H,15,17). The second-order valence-electron chi connectivity index (χ2n) is 4.22. The van der Waals surface area contributed by atoms with Gasteiger partial charge in [0.1, 0.15) is 6.04 Å². The van der Waals surface area contributed by atoms with Crippen LogP contribution < -0.4 is 10.2 Å². The van der Waals surface area contributed by atoms with Crippen LogP contribution in [0.25, 0.3) is 0 Å². The maximum absolute atomic E-state index is 11.8. The molecule has 1 aromatic rings. The molecule has 1 N–H and O–H groups in total. The number of piperazine rings is 1. The first kappa shape index (κ1) is 11.5. The van der Waals surface area contributed by atoms with Crippen molar-refractivity contribution in [1.82, 2.24) is 5.32 Å². The van der Waals surface area contributed by atoms with Crippen molar-refractivity contribution in [3.63, 3.8) is 0 Å². The maximum Gasteiger partial charge on any atom is 0.243 e. The van der Waals surface area contributed by atoms with E-state index in [-0.39, 0.29) is 24.4 Å². The molecule has 0 aromatic heterocycles. The molecule has 0 saturated carbocycles. The quantitative estimate of drug-likeness (QED) is 0.831. The van der Waals surface area contributed by atoms with Gasteiger partial charge >= 0.3 is 0 Å². The summed E-state index contributed by atoms with van der Waals surface area (Å²) in [5.41, 5.74) is 0.995. The minimum Gasteiger partial charge on any atom is -0.354 e. The van der Waals surface area contributed by atoms with Gasteiger partial charge in [0.2, 0.25) is 5.91 Å². The average Bonchev–Trinajstić information content (AvgIpc) is 2.35. The normalized spacial score (nSPS) is 24.0. The lowest BCUT2D eigenvalue weighted by molar-refractivity contribution is -0.123. The molecule has 4 heteroatoms. The van der Waals surface area contributed by atoms with Gasteiger partial charge in [0, 0.05) is 18.3 Å². The highest BCUT2D eigenvalue weighted by atomic mass is 16.2. The molecule has 88 valence electrons. The van der Waals surface area contributed by atoms with Crippen LogP contribution in [0.1, 0.15) is 13.3 Å². The maximum atomic E-state index is 11.8. The van der Waals surface area contributed by atoms with Gasteiger partial charge in [0.15, 0.2) is 0 Å². The Bertz CT molecular complexity index is 438. The molecule has 0 spiro atoms. The van der Waals surface area contributed by atoms with Gasteiger partial charge in [-0.3, -0.25) is 4.79 Å². The summed E-state index contributed by atoms with van der Waals surface area (Å²) in [6, 6.07) is 11.7. The summed E-state index contributed by atoms with van der Waals surface area (Å²) in [6.45, 7) is 2.67. The molecule has 0 aliphatic carbocycles. The van der Waals surface area contributed by atoms with Crippen molar-refractivity contribution in [2.75, 3.05) is 11.4 Å². The van der Waals surface area contributed by atoms with Crippen LogP contribution in [0, 0.1) is 11.3 Å². The molecule has 0 radical (unpaired) electrons. The van der Waals surface area contributed by atoms with Crippen molar-refractivity contribution < 1.29 is 4.79 Å². The predicted octanol–water partition coefficient (Wildman–Crippen LogP) is 1.29. The van der Waals surface area contributed by atoms with Gasteiger partial charge in [-0.1, -0.05) is 18.2 Å². The van der Waals surface area contributed by atoms with Crippen LogP contribution in [0.2, 0.25) is 0 Å². The number of hydrogen-bond donors (Lipinski definition) is 1. The van der Waals surface area contributed by atoms with Gasteiger partial charge in [-0.05, 0) is 19.1 Å². The van der Waals surface area contributed by atoms with Crippen LogP contribution in [0.4, 0.5) is 5.69 Å². The second kappa shape index (κ2) is 4.88. The Balaban J connectivity index is 2.32. The summed E-state index contributed by atoms with van der Waals surface area (Å²) in [5.74, 6) is -0.0616. The van der Waals surface area contributed by atoms with Crippen molar-refractivity contribution in [2.45, 2.75) is 25.4 Å². The predicted molar refractivity (Wildman–Crippen MR) is 65.4 cm³/mol. The van der Waals surface area contributed by atoms with Gasteiger partial charge in [0.25, 0.3) is 0 Å². The van der Waals surface area contributed by atoms with E-state index < -0.39 is 0 Å². The molecule has 1 aliphatic heterocycles. The van der Waals surface area contributed by atoms with Crippen LogP contribution >= 0.6 is 0 Å². The van der Waals surface area contributed by atoms with E-state index in [1.165, 1.54) is 0 Å². The molecular formula is C13H15N3O. The lowest BCUT2D eigenvalue weighted by Gasteiger charge is -2.40. The van der Waals surface area contributed by atoms with E-state index in [9.17, 15) is 4.79 Å². The van der Waals surface area contributed by atoms with E-state index >= 15 is 0 Å². The summed E-state index contributed by atoms with van der Waals surface area (Å²) in [7, 11) is 0. The Hall–Kier alpha value is -2.02. The molecule has 0 bridgehead atoms. The van der Waals surface area contributed by atoms with Crippen molar-refractivity contribution in [2.24, 2.45) is 0 Å². The van der Waals surface area contributed by atoms with Crippen LogP contribution in [-0.2, 0) is 4.79 Å². The summed E-state index contributed by atoms with van der Waals surface area (Å²) < 4.78 is 0. The van der Waals surface area contributed by atoms with Gasteiger partial charge in [-0.25, -0.2) is 0 Å². The number of carbonyl (C=O) groups is 1. The number of nitrogens with one attached hydrogen (secondary N) is 1. The minimum atomic E-state index is -0.383. The molecule has 1 fully saturated rings. The third-order valence-corrected chi connectivity index (χ3v) is 3.02. The van der Waals surface area contributed by atoms with E-state index in [2.05, 4.69) is 18.3 Å². The zero-order valence-electron chi connectivity index (χ0n) is 9.76. The molecule has 1 aliphatic rings. The number of nitrogens with zero attached hydrogens (tertiary/aromatic N) is 2. The smallest absolute Gasteiger partial charge is 0.243 e. The fraction of sp³-hybridized carbons (Fsp3) is 0.385. The zero-order chi connectivity index (χ0) is 12.3. The number of amides is 1. The van der Waals surface area contributed by atoms with Gasteiger partial charge in [-0.15, -0.1) is 0 Å². The van der Waals surface area contributed by atoms with E-state index in [0.29, 0.717) is 6.54 Å². The van der Waals surface area contributed by atoms with Crippen molar-refractivity contribution >= 4 is 11.6 Å². The van der Waals surface area contributed by atoms with Crippen LogP contribution in [-0.4, -0.2) is 24.5 Å². The van der Waals surface area contributed by atoms with Gasteiger partial charge < -0.3 is 10.2 Å². The second-order valence-corrected chi connectivity index (χ2v) is 4.22. The van der Waals surface area contributed by atoms with Crippen molar-refractivity contribution in [3.05, 3.63) is 30.3 Å². The van der Waals surface area contributed by atoms with Crippen molar-refractivity contribution in [1.29, 1.82) is 5.26 Å². The van der Waals surface area contributed by atoms with Gasteiger partial charge in [0.05, 0.1) is 12.5 Å². The summed E-state index contributed by atoms with van der Waals surface area (Å²) in [6.07, 6.45) is 0.213. The first-order valence-electron chi connectivity index (χ1n) is 5.72. The molecule has 4 nitrogen and oxygen atoms in total. The van der Waals surface area contributed by atoms with Crippen LogP contribution in [0.15, 0.2) is 30.3 Å². The Kier molecular flexibility index (Phi) is 3.29. The third-order valence-electron chi connectivity index (χ3n) is 3.02. The lowest BCUT2D eigenvalue weighted by atomic mass is 10.0. The Labute approximate surface area is 101 Å². The highest BCUT2D eigenvalue weighted by Gasteiger charge is 2.33. The Morgan fingerprint density at radius 1 is 1.47 bits per heavy atom. The molecule has 2 rings (SSSR count). The average molecular weight is 229 g/mol. The number of nitriles is 1. The Morgan fingerprint density at radius 3 is 2.82 bits per heavy atom. The van der Waals surface area contributed by atoms with Crippen LogP contribution in [0.3, 0.4) is 0 Å². The highest BCUT2D eigenvalue weighted by Crippen LogP contribution is 2.23. The molecular weight excluding hydrogens is 214 g/mol. The number of anilines is 1. The number of para-hydroxylation sites is 1. The first-order valence-corrected chi connectivity index (χ1v) is 5.72. The lowest BCUT2D eigenvalue weighted by Crippen LogP contribution is -2.59. The Morgan fingerprint density at radius 2 is 2.18 bits per heavy atom. The number of carbonyl (C=O) groups excluding carboxylic acids is 1. The molecule has 1 saturated heterocycles. The zero-order valence-corrected chi connectivity index (χ0v) is 9.76. The first-order chi connectivity index (χ1) is 8.24. The largest absolute Gasteiger partial charge is 0.354 e. The van der Waals surface area contributed by atoms with E-state index in [1.807, 2.05) is 35.2 Å². The third kappa shape index (κ3) is 2.23. The summed E-state index contributed by atoms with van der Waals surface area (Å²) >= 11 is 0. The molecule has 1 amide bonds. The van der Waals surface area contributed by atoms with Gasteiger partial charge in [-0.2, -0.15) is 5.26 Å². The highest BCUT2D eigenvalue weighted by molar-refractivity contribution is 5.87. The molecule has 1 aromatic carbocycles. The van der Waals surface area contributed by atoms with E-state index in [1.54, 1.807) is 0 Å². The number of rotatable bonds is 2. The van der Waals surface area contributed by atoms with E-state index in [4.69, 9.17) is 5.26 Å². The molecule has 17 heavy (non-hydrogen) atoms. The topological polar surface area (TPSA) is 56.1 Å². The molecule has 2 atom stereocenters. The number of benzene rings is 1. The number of hydrogen-bond acceptors (Lipinski definition) is 3. The monoisotopic (exact) mass is 229 g/mol.